The van der Waals surface area contributed by atoms with E-state index in [9.17, 15) is 4.79 Å². The van der Waals surface area contributed by atoms with Gasteiger partial charge in [-0.1, -0.05) is 27.7 Å². The van der Waals surface area contributed by atoms with Crippen molar-refractivity contribution in [3.8, 4) is 0 Å². The second-order valence-electron chi connectivity index (χ2n) is 5.69. The number of carbonyl (C=O) groups is 1. The van der Waals surface area contributed by atoms with Gasteiger partial charge in [-0.15, -0.1) is 12.4 Å². The van der Waals surface area contributed by atoms with E-state index in [2.05, 4.69) is 17.3 Å². The topological polar surface area (TPSA) is 72.9 Å². The maximum absolute atomic E-state index is 11.9. The lowest BCUT2D eigenvalue weighted by atomic mass is 9.87. The summed E-state index contributed by atoms with van der Waals surface area (Å²) in [5.74, 6) is -0.117. The van der Waals surface area contributed by atoms with Gasteiger partial charge in [0.2, 0.25) is 5.91 Å². The second-order valence-corrected chi connectivity index (χ2v) is 5.69. The maximum atomic E-state index is 11.9. The van der Waals surface area contributed by atoms with Crippen molar-refractivity contribution in [1.82, 2.24) is 15.1 Å². The molecule has 0 aliphatic carbocycles. The third kappa shape index (κ3) is 4.84. The highest BCUT2D eigenvalue weighted by atomic mass is 35.5. The van der Waals surface area contributed by atoms with E-state index < -0.39 is 6.04 Å². The first-order valence-electron chi connectivity index (χ1n) is 6.30. The second kappa shape index (κ2) is 6.91. The van der Waals surface area contributed by atoms with Gasteiger partial charge in [-0.2, -0.15) is 5.10 Å². The Morgan fingerprint density at radius 3 is 2.58 bits per heavy atom. The van der Waals surface area contributed by atoms with Crippen LogP contribution in [-0.2, 0) is 24.8 Å². The molecule has 0 aromatic carbocycles. The molecular weight excluding hydrogens is 264 g/mol. The number of aromatic nitrogens is 2. The Morgan fingerprint density at radius 1 is 1.53 bits per heavy atom. The first-order chi connectivity index (χ1) is 8.25. The molecule has 1 amide bonds. The van der Waals surface area contributed by atoms with Gasteiger partial charge < -0.3 is 11.1 Å². The minimum Gasteiger partial charge on any atom is -0.351 e. The molecule has 1 atom stereocenters. The monoisotopic (exact) mass is 288 g/mol. The third-order valence-electron chi connectivity index (χ3n) is 3.00. The predicted octanol–water partition coefficient (Wildman–Crippen LogP) is 1.39. The lowest BCUT2D eigenvalue weighted by Gasteiger charge is -2.25. The molecular formula is C13H25ClN4O. The largest absolute Gasteiger partial charge is 0.351 e. The quantitative estimate of drug-likeness (QED) is 0.879. The lowest BCUT2D eigenvalue weighted by Crippen LogP contribution is -2.48. The number of nitrogens with zero attached hydrogens (tertiary/aromatic N) is 2. The van der Waals surface area contributed by atoms with Gasteiger partial charge in [-0.05, 0) is 11.8 Å². The molecule has 0 aliphatic rings. The average Bonchev–Trinajstić information content (AvgIpc) is 2.64. The van der Waals surface area contributed by atoms with Crippen molar-refractivity contribution in [2.24, 2.45) is 18.2 Å². The van der Waals surface area contributed by atoms with Gasteiger partial charge >= 0.3 is 0 Å². The van der Waals surface area contributed by atoms with E-state index in [-0.39, 0.29) is 23.7 Å². The molecule has 1 rings (SSSR count). The molecule has 1 aromatic rings. The van der Waals surface area contributed by atoms with Crippen molar-refractivity contribution in [2.45, 2.75) is 46.7 Å². The Morgan fingerprint density at radius 2 is 2.11 bits per heavy atom. The number of rotatable bonds is 4. The van der Waals surface area contributed by atoms with E-state index in [1.807, 2.05) is 34.0 Å². The number of nitrogens with two attached hydrogens (primary N) is 1. The highest BCUT2D eigenvalue weighted by Crippen LogP contribution is 2.17. The van der Waals surface area contributed by atoms with E-state index in [0.29, 0.717) is 6.54 Å². The van der Waals surface area contributed by atoms with Gasteiger partial charge in [-0.25, -0.2) is 0 Å². The van der Waals surface area contributed by atoms with Crippen molar-refractivity contribution in [2.75, 3.05) is 0 Å². The van der Waals surface area contributed by atoms with Gasteiger partial charge in [0.1, 0.15) is 0 Å². The summed E-state index contributed by atoms with van der Waals surface area (Å²) in [7, 11) is 1.88. The molecule has 0 spiro atoms. The number of aryl methyl sites for hydroxylation is 2. The van der Waals surface area contributed by atoms with Crippen LogP contribution in [0.1, 0.15) is 39.0 Å². The normalized spacial score (nSPS) is 12.7. The van der Waals surface area contributed by atoms with Crippen LogP contribution in [0.4, 0.5) is 0 Å². The molecule has 0 saturated carbocycles. The summed E-state index contributed by atoms with van der Waals surface area (Å²) < 4.78 is 1.77. The Bertz CT molecular complexity index is 423. The van der Waals surface area contributed by atoms with Crippen molar-refractivity contribution in [3.05, 3.63) is 17.5 Å². The summed E-state index contributed by atoms with van der Waals surface area (Å²) in [6.07, 6.45) is 2.79. The minimum atomic E-state index is -0.501. The number of halogens is 1. The first-order valence-corrected chi connectivity index (χ1v) is 6.30. The van der Waals surface area contributed by atoms with E-state index in [1.54, 1.807) is 4.68 Å². The summed E-state index contributed by atoms with van der Waals surface area (Å²) >= 11 is 0. The number of nitrogens with one attached hydrogen (secondary N) is 1. The van der Waals surface area contributed by atoms with Crippen molar-refractivity contribution in [3.63, 3.8) is 0 Å². The van der Waals surface area contributed by atoms with Crippen molar-refractivity contribution >= 4 is 18.3 Å². The summed E-state index contributed by atoms with van der Waals surface area (Å²) in [5, 5.41) is 7.21. The molecule has 0 unspecified atom stereocenters. The van der Waals surface area contributed by atoms with Crippen LogP contribution < -0.4 is 11.1 Å². The number of hydrogen-bond acceptors (Lipinski definition) is 3. The summed E-state index contributed by atoms with van der Waals surface area (Å²) in [6.45, 7) is 8.41. The van der Waals surface area contributed by atoms with Crippen molar-refractivity contribution < 1.29 is 4.79 Å². The molecule has 5 nitrogen and oxygen atoms in total. The van der Waals surface area contributed by atoms with Crippen LogP contribution in [0.5, 0.6) is 0 Å². The van der Waals surface area contributed by atoms with Crippen LogP contribution in [0.25, 0.3) is 0 Å². The SMILES string of the molecule is CCc1nn(C)cc1CNC(=O)[C@@H](N)C(C)(C)C.Cl. The molecule has 0 saturated heterocycles. The van der Waals surface area contributed by atoms with E-state index in [4.69, 9.17) is 5.73 Å². The highest BCUT2D eigenvalue weighted by Gasteiger charge is 2.27. The van der Waals surface area contributed by atoms with Gasteiger partial charge in [0, 0.05) is 25.4 Å². The minimum absolute atomic E-state index is 0. The average molecular weight is 289 g/mol. The van der Waals surface area contributed by atoms with Crippen LogP contribution in [0.2, 0.25) is 0 Å². The fraction of sp³-hybridized carbons (Fsp3) is 0.692. The molecule has 0 bridgehead atoms. The maximum Gasteiger partial charge on any atom is 0.237 e. The van der Waals surface area contributed by atoms with Crippen LogP contribution in [0.15, 0.2) is 6.20 Å². The van der Waals surface area contributed by atoms with Crippen LogP contribution in [0, 0.1) is 5.41 Å². The Labute approximate surface area is 121 Å². The molecule has 1 heterocycles. The highest BCUT2D eigenvalue weighted by molar-refractivity contribution is 5.85. The van der Waals surface area contributed by atoms with E-state index in [1.165, 1.54) is 0 Å². The predicted molar refractivity (Wildman–Crippen MR) is 79.1 cm³/mol. The standard InChI is InChI=1S/C13H24N4O.ClH/c1-6-10-9(8-17(5)16-10)7-15-12(18)11(14)13(2,3)4;/h8,11H,6-7,14H2,1-5H3,(H,15,18);1H/t11-;/m1./s1. The Hall–Kier alpha value is -1.07. The van der Waals surface area contributed by atoms with Gasteiger partial charge in [0.15, 0.2) is 0 Å². The molecule has 6 heteroatoms. The lowest BCUT2D eigenvalue weighted by molar-refractivity contribution is -0.124. The zero-order valence-corrected chi connectivity index (χ0v) is 13.2. The number of carbonyl (C=O) groups excluding carboxylic acids is 1. The Balaban J connectivity index is 0.00000324. The molecule has 0 radical (unpaired) electrons. The smallest absolute Gasteiger partial charge is 0.237 e. The van der Waals surface area contributed by atoms with Crippen LogP contribution in [-0.4, -0.2) is 21.7 Å². The zero-order chi connectivity index (χ0) is 13.9. The zero-order valence-electron chi connectivity index (χ0n) is 12.4. The molecule has 3 N–H and O–H groups in total. The van der Waals surface area contributed by atoms with Crippen LogP contribution in [0.3, 0.4) is 0 Å². The Kier molecular flexibility index (Phi) is 6.52. The molecule has 19 heavy (non-hydrogen) atoms. The molecule has 0 fully saturated rings. The van der Waals surface area contributed by atoms with Crippen LogP contribution >= 0.6 is 12.4 Å². The fourth-order valence-corrected chi connectivity index (χ4v) is 1.71. The summed E-state index contributed by atoms with van der Waals surface area (Å²) in [6, 6.07) is -0.501. The summed E-state index contributed by atoms with van der Waals surface area (Å²) in [4.78, 5) is 11.9. The number of hydrogen-bond donors (Lipinski definition) is 2. The van der Waals surface area contributed by atoms with Gasteiger partial charge in [0.25, 0.3) is 0 Å². The van der Waals surface area contributed by atoms with Gasteiger partial charge in [-0.3, -0.25) is 9.48 Å². The van der Waals surface area contributed by atoms with E-state index in [0.717, 1.165) is 17.7 Å². The first kappa shape index (κ1) is 17.9. The molecule has 0 aliphatic heterocycles. The molecule has 110 valence electrons. The van der Waals surface area contributed by atoms with Crippen molar-refractivity contribution in [1.29, 1.82) is 0 Å². The van der Waals surface area contributed by atoms with Gasteiger partial charge in [0.05, 0.1) is 11.7 Å². The molecule has 1 aromatic heterocycles. The fourth-order valence-electron chi connectivity index (χ4n) is 1.71. The summed E-state index contributed by atoms with van der Waals surface area (Å²) in [5.41, 5.74) is 7.74. The third-order valence-corrected chi connectivity index (χ3v) is 3.00. The van der Waals surface area contributed by atoms with E-state index >= 15 is 0 Å². The number of amides is 1.